The van der Waals surface area contributed by atoms with E-state index in [-0.39, 0.29) is 11.8 Å². The van der Waals surface area contributed by atoms with Gasteiger partial charge >= 0.3 is 0 Å². The summed E-state index contributed by atoms with van der Waals surface area (Å²) in [4.78, 5) is 35.9. The second-order valence-corrected chi connectivity index (χ2v) is 8.09. The van der Waals surface area contributed by atoms with E-state index in [9.17, 15) is 4.79 Å². The number of anilines is 2. The van der Waals surface area contributed by atoms with Crippen molar-refractivity contribution in [1.82, 2.24) is 24.8 Å². The summed E-state index contributed by atoms with van der Waals surface area (Å²) in [5.41, 5.74) is 2.67. The third-order valence-electron chi connectivity index (χ3n) is 6.30. The first kappa shape index (κ1) is 19.6. The first-order chi connectivity index (χ1) is 15.2. The highest BCUT2D eigenvalue weighted by molar-refractivity contribution is 5.84. The number of piperidine rings is 1. The second kappa shape index (κ2) is 8.41. The zero-order chi connectivity index (χ0) is 21.2. The average Bonchev–Trinajstić information content (AvgIpc) is 3.33. The number of fused-ring (bicyclic) bond motifs is 1. The molecule has 1 unspecified atom stereocenters. The van der Waals surface area contributed by atoms with Crippen LogP contribution in [-0.2, 0) is 4.79 Å². The molecule has 0 saturated carbocycles. The molecule has 1 amide bonds. The molecular weight excluding hydrogens is 394 g/mol. The van der Waals surface area contributed by atoms with E-state index >= 15 is 0 Å². The monoisotopic (exact) mass is 421 g/mol. The van der Waals surface area contributed by atoms with Crippen LogP contribution in [-0.4, -0.2) is 77.1 Å². The van der Waals surface area contributed by atoms with Gasteiger partial charge in [-0.25, -0.2) is 15.0 Å². The SMILES string of the molecule is COc1ccc(N2CCN(C(=O)C3CCCN(c4ncnc5nc[nH]c45)C3)CC2)cc1. The van der Waals surface area contributed by atoms with Gasteiger partial charge in [0.25, 0.3) is 0 Å². The molecule has 0 spiro atoms. The molecule has 5 rings (SSSR count). The summed E-state index contributed by atoms with van der Waals surface area (Å²) in [5.74, 6) is 1.95. The predicted molar refractivity (Wildman–Crippen MR) is 118 cm³/mol. The second-order valence-electron chi connectivity index (χ2n) is 8.09. The number of hydrogen-bond acceptors (Lipinski definition) is 7. The van der Waals surface area contributed by atoms with Crippen molar-refractivity contribution < 1.29 is 9.53 Å². The fourth-order valence-corrected chi connectivity index (χ4v) is 4.60. The Bertz CT molecular complexity index is 1040. The van der Waals surface area contributed by atoms with Gasteiger partial charge in [0.15, 0.2) is 11.5 Å². The molecule has 2 saturated heterocycles. The molecule has 2 fully saturated rings. The van der Waals surface area contributed by atoms with Crippen molar-refractivity contribution in [1.29, 1.82) is 0 Å². The fourth-order valence-electron chi connectivity index (χ4n) is 4.60. The lowest BCUT2D eigenvalue weighted by molar-refractivity contribution is -0.136. The van der Waals surface area contributed by atoms with E-state index in [1.165, 1.54) is 5.69 Å². The van der Waals surface area contributed by atoms with Gasteiger partial charge in [0.2, 0.25) is 5.91 Å². The number of rotatable bonds is 4. The molecule has 9 nitrogen and oxygen atoms in total. The van der Waals surface area contributed by atoms with E-state index in [1.54, 1.807) is 19.8 Å². The van der Waals surface area contributed by atoms with Gasteiger partial charge in [-0.05, 0) is 37.1 Å². The minimum Gasteiger partial charge on any atom is -0.497 e. The van der Waals surface area contributed by atoms with Gasteiger partial charge in [0.05, 0.1) is 19.4 Å². The Morgan fingerprint density at radius 3 is 2.61 bits per heavy atom. The Morgan fingerprint density at radius 2 is 1.84 bits per heavy atom. The summed E-state index contributed by atoms with van der Waals surface area (Å²) in [5, 5.41) is 0. The third-order valence-corrected chi connectivity index (χ3v) is 6.30. The van der Waals surface area contributed by atoms with Crippen molar-refractivity contribution in [2.75, 3.05) is 56.2 Å². The summed E-state index contributed by atoms with van der Waals surface area (Å²) in [6.45, 7) is 4.76. The van der Waals surface area contributed by atoms with E-state index in [2.05, 4.69) is 41.9 Å². The Balaban J connectivity index is 1.22. The lowest BCUT2D eigenvalue weighted by Crippen LogP contribution is -2.52. The molecule has 162 valence electrons. The van der Waals surface area contributed by atoms with Gasteiger partial charge < -0.3 is 24.4 Å². The van der Waals surface area contributed by atoms with Crippen LogP contribution in [0.25, 0.3) is 11.2 Å². The summed E-state index contributed by atoms with van der Waals surface area (Å²) >= 11 is 0. The number of nitrogens with zero attached hydrogens (tertiary/aromatic N) is 6. The molecule has 1 atom stereocenters. The van der Waals surface area contributed by atoms with Crippen LogP contribution in [0.2, 0.25) is 0 Å². The van der Waals surface area contributed by atoms with Crippen LogP contribution in [0.1, 0.15) is 12.8 Å². The Labute approximate surface area is 181 Å². The van der Waals surface area contributed by atoms with E-state index < -0.39 is 0 Å². The van der Waals surface area contributed by atoms with Crippen molar-refractivity contribution in [2.24, 2.45) is 5.92 Å². The van der Waals surface area contributed by atoms with Gasteiger partial charge in [-0.2, -0.15) is 0 Å². The van der Waals surface area contributed by atoms with Crippen LogP contribution in [0, 0.1) is 5.92 Å². The van der Waals surface area contributed by atoms with Crippen LogP contribution in [0.3, 0.4) is 0 Å². The number of piperazine rings is 1. The number of ether oxygens (including phenoxy) is 1. The number of carbonyl (C=O) groups excluding carboxylic acids is 1. The molecule has 0 bridgehead atoms. The van der Waals surface area contributed by atoms with Crippen LogP contribution >= 0.6 is 0 Å². The number of methoxy groups -OCH3 is 1. The quantitative estimate of drug-likeness (QED) is 0.688. The molecular formula is C22H27N7O2. The van der Waals surface area contributed by atoms with Gasteiger partial charge in [-0.1, -0.05) is 0 Å². The lowest BCUT2D eigenvalue weighted by atomic mass is 9.96. The molecule has 9 heteroatoms. The molecule has 1 N–H and O–H groups in total. The standard InChI is InChI=1S/C22H27N7O2/c1-31-18-6-4-17(5-7-18)27-9-11-28(12-10-27)22(30)16-3-2-8-29(13-16)21-19-20(24-14-23-19)25-15-26-21/h4-7,14-16H,2-3,8-13H2,1H3,(H,23,24,25,26). The van der Waals surface area contributed by atoms with E-state index in [4.69, 9.17) is 4.74 Å². The van der Waals surface area contributed by atoms with Gasteiger partial charge in [-0.15, -0.1) is 0 Å². The molecule has 0 aliphatic carbocycles. The zero-order valence-corrected chi connectivity index (χ0v) is 17.7. The maximum atomic E-state index is 13.3. The maximum absolute atomic E-state index is 13.3. The van der Waals surface area contributed by atoms with Crippen LogP contribution < -0.4 is 14.5 Å². The molecule has 4 heterocycles. The number of H-pyrrole nitrogens is 1. The number of benzene rings is 1. The number of nitrogens with one attached hydrogen (secondary N) is 1. The summed E-state index contributed by atoms with van der Waals surface area (Å²) in [6, 6.07) is 8.11. The Morgan fingerprint density at radius 1 is 1.03 bits per heavy atom. The third kappa shape index (κ3) is 3.87. The fraction of sp³-hybridized carbons (Fsp3) is 0.455. The number of imidazole rings is 1. The molecule has 3 aromatic rings. The van der Waals surface area contributed by atoms with E-state index in [1.807, 2.05) is 17.0 Å². The summed E-state index contributed by atoms with van der Waals surface area (Å²) in [6.07, 6.45) is 5.08. The van der Waals surface area contributed by atoms with Crippen molar-refractivity contribution in [3.63, 3.8) is 0 Å². The van der Waals surface area contributed by atoms with Crippen LogP contribution in [0.4, 0.5) is 11.5 Å². The minimum absolute atomic E-state index is 0.00535. The van der Waals surface area contributed by atoms with Gasteiger partial charge in [-0.3, -0.25) is 4.79 Å². The highest BCUT2D eigenvalue weighted by Crippen LogP contribution is 2.27. The number of amides is 1. The largest absolute Gasteiger partial charge is 0.497 e. The maximum Gasteiger partial charge on any atom is 0.227 e. The van der Waals surface area contributed by atoms with Crippen LogP contribution in [0.15, 0.2) is 36.9 Å². The normalized spacial score (nSPS) is 19.6. The Kier molecular flexibility index (Phi) is 5.31. The van der Waals surface area contributed by atoms with Gasteiger partial charge in [0, 0.05) is 45.0 Å². The average molecular weight is 422 g/mol. The van der Waals surface area contributed by atoms with Crippen LogP contribution in [0.5, 0.6) is 5.75 Å². The van der Waals surface area contributed by atoms with Gasteiger partial charge in [0.1, 0.15) is 17.6 Å². The first-order valence-electron chi connectivity index (χ1n) is 10.8. The summed E-state index contributed by atoms with van der Waals surface area (Å²) in [7, 11) is 1.67. The number of aromatic amines is 1. The number of hydrogen-bond donors (Lipinski definition) is 1. The first-order valence-corrected chi connectivity index (χ1v) is 10.8. The van der Waals surface area contributed by atoms with Crippen molar-refractivity contribution in [2.45, 2.75) is 12.8 Å². The van der Waals surface area contributed by atoms with Crippen molar-refractivity contribution in [3.05, 3.63) is 36.9 Å². The van der Waals surface area contributed by atoms with E-state index in [0.717, 1.165) is 62.6 Å². The number of carbonyl (C=O) groups is 1. The zero-order valence-electron chi connectivity index (χ0n) is 17.7. The molecule has 2 aromatic heterocycles. The summed E-state index contributed by atoms with van der Waals surface area (Å²) < 4.78 is 5.24. The highest BCUT2D eigenvalue weighted by atomic mass is 16.5. The molecule has 2 aliphatic rings. The highest BCUT2D eigenvalue weighted by Gasteiger charge is 2.32. The minimum atomic E-state index is -0.00535. The number of aromatic nitrogens is 4. The smallest absolute Gasteiger partial charge is 0.227 e. The lowest BCUT2D eigenvalue weighted by Gasteiger charge is -2.40. The Hall–Kier alpha value is -3.36. The van der Waals surface area contributed by atoms with Crippen molar-refractivity contribution >= 4 is 28.6 Å². The topological polar surface area (TPSA) is 90.5 Å². The van der Waals surface area contributed by atoms with Crippen molar-refractivity contribution in [3.8, 4) is 5.75 Å². The molecule has 31 heavy (non-hydrogen) atoms. The molecule has 1 aromatic carbocycles. The van der Waals surface area contributed by atoms with E-state index in [0.29, 0.717) is 12.2 Å². The predicted octanol–water partition coefficient (Wildman–Crippen LogP) is 1.93. The molecule has 2 aliphatic heterocycles. The molecule has 0 radical (unpaired) electrons.